The van der Waals surface area contributed by atoms with Crippen LogP contribution >= 0.6 is 27.5 Å². The first kappa shape index (κ1) is 14.9. The maximum atomic E-state index is 11.7. The number of hydrogen-bond acceptors (Lipinski definition) is 2. The lowest BCUT2D eigenvalue weighted by atomic mass is 10.1. The lowest BCUT2D eigenvalue weighted by Gasteiger charge is -2.18. The minimum absolute atomic E-state index is 0.444. The van der Waals surface area contributed by atoms with Crippen molar-refractivity contribution in [2.45, 2.75) is 13.0 Å². The smallest absolute Gasteiger partial charge is 0.244 e. The summed E-state index contributed by atoms with van der Waals surface area (Å²) >= 11 is 9.31. The largest absolute Gasteiger partial charge is 0.370 e. The van der Waals surface area contributed by atoms with Gasteiger partial charge in [-0.3, -0.25) is 4.79 Å². The van der Waals surface area contributed by atoms with Crippen molar-refractivity contribution in [1.82, 2.24) is 0 Å². The van der Waals surface area contributed by atoms with E-state index in [4.69, 9.17) is 17.3 Å². The van der Waals surface area contributed by atoms with Crippen LogP contribution in [0.3, 0.4) is 0 Å². The Labute approximate surface area is 131 Å². The zero-order valence-electron chi connectivity index (χ0n) is 10.9. The van der Waals surface area contributed by atoms with Crippen LogP contribution in [0.5, 0.6) is 0 Å². The lowest BCUT2D eigenvalue weighted by molar-refractivity contribution is -0.118. The number of nitrogens with one attached hydrogen (secondary N) is 1. The van der Waals surface area contributed by atoms with Crippen LogP contribution in [0.1, 0.15) is 17.2 Å². The summed E-state index contributed by atoms with van der Waals surface area (Å²) in [6, 6.07) is 12.5. The molecule has 0 heterocycles. The van der Waals surface area contributed by atoms with Crippen molar-refractivity contribution in [1.29, 1.82) is 0 Å². The summed E-state index contributed by atoms with van der Waals surface area (Å²) in [6.45, 7) is 1.99. The van der Waals surface area contributed by atoms with Gasteiger partial charge < -0.3 is 11.1 Å². The van der Waals surface area contributed by atoms with E-state index in [1.807, 2.05) is 31.2 Å². The normalized spacial score (nSPS) is 11.9. The molecule has 104 valence electrons. The van der Waals surface area contributed by atoms with E-state index in [0.717, 1.165) is 21.3 Å². The van der Waals surface area contributed by atoms with Crippen LogP contribution in [0, 0.1) is 6.92 Å². The second-order valence-electron chi connectivity index (χ2n) is 4.52. The van der Waals surface area contributed by atoms with Gasteiger partial charge in [-0.2, -0.15) is 0 Å². The highest BCUT2D eigenvalue weighted by atomic mass is 79.9. The van der Waals surface area contributed by atoms with E-state index in [2.05, 4.69) is 21.2 Å². The first-order valence-electron chi connectivity index (χ1n) is 6.05. The van der Waals surface area contributed by atoms with Gasteiger partial charge in [-0.15, -0.1) is 0 Å². The molecule has 2 aromatic rings. The SMILES string of the molecule is Cc1cccc(NC(C(N)=O)c2ccc(Cl)c(Br)c2)c1. The number of halogens is 2. The first-order valence-corrected chi connectivity index (χ1v) is 7.22. The summed E-state index contributed by atoms with van der Waals surface area (Å²) in [6.07, 6.45) is 0. The number of carbonyl (C=O) groups excluding carboxylic acids is 1. The lowest BCUT2D eigenvalue weighted by Crippen LogP contribution is -2.27. The maximum absolute atomic E-state index is 11.7. The fourth-order valence-corrected chi connectivity index (χ4v) is 2.43. The highest BCUT2D eigenvalue weighted by Crippen LogP contribution is 2.28. The van der Waals surface area contributed by atoms with Gasteiger partial charge in [0.1, 0.15) is 6.04 Å². The molecule has 5 heteroatoms. The van der Waals surface area contributed by atoms with Crippen LogP contribution < -0.4 is 11.1 Å². The Balaban J connectivity index is 2.32. The monoisotopic (exact) mass is 352 g/mol. The van der Waals surface area contributed by atoms with Gasteiger partial charge in [0.05, 0.1) is 5.02 Å². The number of benzene rings is 2. The number of carbonyl (C=O) groups is 1. The van der Waals surface area contributed by atoms with Crippen LogP contribution in [0.4, 0.5) is 5.69 Å². The van der Waals surface area contributed by atoms with Crippen molar-refractivity contribution in [2.75, 3.05) is 5.32 Å². The molecule has 0 radical (unpaired) electrons. The van der Waals surface area contributed by atoms with Crippen molar-refractivity contribution in [3.8, 4) is 0 Å². The second kappa shape index (κ2) is 6.29. The van der Waals surface area contributed by atoms with Crippen molar-refractivity contribution >= 4 is 39.1 Å². The van der Waals surface area contributed by atoms with Gasteiger partial charge in [-0.05, 0) is 58.2 Å². The number of amides is 1. The molecular formula is C15H14BrClN2O. The van der Waals surface area contributed by atoms with Crippen LogP contribution in [0.15, 0.2) is 46.9 Å². The highest BCUT2D eigenvalue weighted by Gasteiger charge is 2.18. The molecule has 1 unspecified atom stereocenters. The Hall–Kier alpha value is -1.52. The summed E-state index contributed by atoms with van der Waals surface area (Å²) < 4.78 is 0.731. The molecular weight excluding hydrogens is 340 g/mol. The van der Waals surface area contributed by atoms with Gasteiger partial charge in [0.2, 0.25) is 5.91 Å². The zero-order valence-corrected chi connectivity index (χ0v) is 13.2. The Morgan fingerprint density at radius 1 is 1.30 bits per heavy atom. The standard InChI is InChI=1S/C15H14BrClN2O/c1-9-3-2-4-11(7-9)19-14(15(18)20)10-5-6-13(17)12(16)8-10/h2-8,14,19H,1H3,(H2,18,20). The molecule has 20 heavy (non-hydrogen) atoms. The topological polar surface area (TPSA) is 55.1 Å². The molecule has 3 nitrogen and oxygen atoms in total. The molecule has 3 N–H and O–H groups in total. The Bertz CT molecular complexity index is 646. The highest BCUT2D eigenvalue weighted by molar-refractivity contribution is 9.10. The number of primary amides is 1. The van der Waals surface area contributed by atoms with Gasteiger partial charge in [0.25, 0.3) is 0 Å². The second-order valence-corrected chi connectivity index (χ2v) is 5.78. The van der Waals surface area contributed by atoms with Gasteiger partial charge in [-0.1, -0.05) is 29.8 Å². The molecule has 1 atom stereocenters. The molecule has 0 fully saturated rings. The number of nitrogens with two attached hydrogens (primary N) is 1. The molecule has 0 saturated heterocycles. The average Bonchev–Trinajstić information content (AvgIpc) is 2.39. The van der Waals surface area contributed by atoms with Crippen molar-refractivity contribution < 1.29 is 4.79 Å². The van der Waals surface area contributed by atoms with E-state index in [1.165, 1.54) is 0 Å². The summed E-state index contributed by atoms with van der Waals surface area (Å²) in [5, 5.41) is 3.73. The van der Waals surface area contributed by atoms with Crippen LogP contribution in [0.2, 0.25) is 5.02 Å². The van der Waals surface area contributed by atoms with Crippen LogP contribution in [-0.2, 0) is 4.79 Å². The summed E-state index contributed by atoms with van der Waals surface area (Å²) in [4.78, 5) is 11.7. The Morgan fingerprint density at radius 3 is 2.65 bits per heavy atom. The molecule has 0 spiro atoms. The maximum Gasteiger partial charge on any atom is 0.244 e. The fourth-order valence-electron chi connectivity index (χ4n) is 1.91. The fraction of sp³-hybridized carbons (Fsp3) is 0.133. The zero-order chi connectivity index (χ0) is 14.7. The molecule has 2 aromatic carbocycles. The number of rotatable bonds is 4. The quantitative estimate of drug-likeness (QED) is 0.871. The number of hydrogen-bond donors (Lipinski definition) is 2. The first-order chi connectivity index (χ1) is 9.47. The van der Waals surface area contributed by atoms with E-state index in [9.17, 15) is 4.79 Å². The van der Waals surface area contributed by atoms with Crippen LogP contribution in [-0.4, -0.2) is 5.91 Å². The van der Waals surface area contributed by atoms with Gasteiger partial charge in [-0.25, -0.2) is 0 Å². The molecule has 0 aliphatic rings. The molecule has 0 aliphatic carbocycles. The molecule has 0 bridgehead atoms. The predicted octanol–water partition coefficient (Wildman–Crippen LogP) is 4.05. The van der Waals surface area contributed by atoms with Gasteiger partial charge >= 0.3 is 0 Å². The molecule has 2 rings (SSSR count). The third-order valence-electron chi connectivity index (χ3n) is 2.89. The van der Waals surface area contributed by atoms with Crippen molar-refractivity contribution in [2.24, 2.45) is 5.73 Å². The Morgan fingerprint density at radius 2 is 2.05 bits per heavy atom. The van der Waals surface area contributed by atoms with E-state index in [1.54, 1.807) is 18.2 Å². The van der Waals surface area contributed by atoms with Crippen molar-refractivity contribution in [3.05, 3.63) is 63.1 Å². The third kappa shape index (κ3) is 3.52. The van der Waals surface area contributed by atoms with E-state index >= 15 is 0 Å². The van der Waals surface area contributed by atoms with E-state index in [0.29, 0.717) is 5.02 Å². The Kier molecular flexibility index (Phi) is 4.68. The minimum atomic E-state index is -0.606. The van der Waals surface area contributed by atoms with Crippen LogP contribution in [0.25, 0.3) is 0 Å². The molecule has 0 saturated carbocycles. The van der Waals surface area contributed by atoms with Gasteiger partial charge in [0, 0.05) is 10.2 Å². The van der Waals surface area contributed by atoms with Gasteiger partial charge in [0.15, 0.2) is 0 Å². The van der Waals surface area contributed by atoms with Crippen molar-refractivity contribution in [3.63, 3.8) is 0 Å². The average molecular weight is 354 g/mol. The molecule has 0 aromatic heterocycles. The number of aryl methyl sites for hydroxylation is 1. The molecule has 1 amide bonds. The summed E-state index contributed by atoms with van der Waals surface area (Å²) in [5.74, 6) is -0.444. The minimum Gasteiger partial charge on any atom is -0.370 e. The number of anilines is 1. The predicted molar refractivity (Wildman–Crippen MR) is 85.9 cm³/mol. The van der Waals surface area contributed by atoms with E-state index in [-0.39, 0.29) is 0 Å². The summed E-state index contributed by atoms with van der Waals surface area (Å²) in [5.41, 5.74) is 8.21. The summed E-state index contributed by atoms with van der Waals surface area (Å²) in [7, 11) is 0. The third-order valence-corrected chi connectivity index (χ3v) is 4.10. The molecule has 0 aliphatic heterocycles. The van der Waals surface area contributed by atoms with E-state index < -0.39 is 11.9 Å².